The maximum Gasteiger partial charge on any atom is 0.330 e. The Hall–Kier alpha value is -9.04. The zero-order valence-electron chi connectivity index (χ0n) is 48.9. The summed E-state index contributed by atoms with van der Waals surface area (Å²) in [7, 11) is 1.49. The van der Waals surface area contributed by atoms with Gasteiger partial charge in [-0.2, -0.15) is 0 Å². The normalized spacial score (nSPS) is 26.0. The lowest BCUT2D eigenvalue weighted by Gasteiger charge is -2.49. The Balaban J connectivity index is 1.29. The summed E-state index contributed by atoms with van der Waals surface area (Å²) in [6, 6.07) is 0.287. The van der Waals surface area contributed by atoms with Gasteiger partial charge in [-0.15, -0.1) is 0 Å². The van der Waals surface area contributed by atoms with Crippen LogP contribution in [0.1, 0.15) is 105 Å². The quantitative estimate of drug-likeness (QED) is 0.0889. The number of phenolic OH excluding ortho intramolecular Hbond substituents is 4. The minimum absolute atomic E-state index is 0.0552. The highest BCUT2D eigenvalue weighted by atomic mass is 35.5. The number of halogens is 2. The van der Waals surface area contributed by atoms with Crippen molar-refractivity contribution in [2.45, 2.75) is 125 Å². The van der Waals surface area contributed by atoms with Crippen LogP contribution in [-0.2, 0) is 47.8 Å². The summed E-state index contributed by atoms with van der Waals surface area (Å²) < 4.78 is 24.9. The number of aromatic hydroxyl groups is 4. The second kappa shape index (κ2) is 26.1. The average molecular weight is 1300 g/mol. The maximum atomic E-state index is 15.7. The summed E-state index contributed by atoms with van der Waals surface area (Å²) >= 11 is 13.8. The Labute approximate surface area is 527 Å². The van der Waals surface area contributed by atoms with Gasteiger partial charge in [0.15, 0.2) is 23.8 Å². The summed E-state index contributed by atoms with van der Waals surface area (Å²) in [5, 5.41) is 108. The standard InChI is InChI=1S/C60H65Cl2N9O20/c1-22(2)12-33(65-5)52(78)70-47-49(76)25-7-10-37(31(61)14-25)89-39-16-27-17-40(50(39)77)90-38-11-8-26(15-32(38)62)51(91-42-21-59(4,64)60(86,87)23(3)88-42)48-57(83)69-46(58(84)85)30-18-28(72)19-36(74)43(30)29-13-24(6-9-35(29)73)44(54(80)71-48)68-55(81)45(27)67-53(79)34(20-41(63)75)66-56(47)82/h6-11,13-19,22-23,33-34,42,44-49,51,65,72-74,76-77,86-87H,12,20-21,64H2,1-5H3,(H2,63,75)(H,66,82)(H,67,79)(H,68,81)(H,69,83)(H,70,78)(H,71,80)(H,84,85)/t23-,33-,34-,42+,44-,45-,46-,47-,48-,49-,51+,59-/m1/s1. The van der Waals surface area contributed by atoms with Gasteiger partial charge in [-0.3, -0.25) is 33.6 Å². The highest BCUT2D eigenvalue weighted by molar-refractivity contribution is 6.32. The Morgan fingerprint density at radius 2 is 1.33 bits per heavy atom. The first-order valence-electron chi connectivity index (χ1n) is 28.2. The maximum absolute atomic E-state index is 15.7. The smallest absolute Gasteiger partial charge is 0.330 e. The first-order valence-corrected chi connectivity index (χ1v) is 29.0. The number of carbonyl (C=O) groups excluding carboxylic acids is 7. The molecule has 0 aliphatic carbocycles. The van der Waals surface area contributed by atoms with Crippen LogP contribution in [0.4, 0.5) is 0 Å². The Kier molecular flexibility index (Phi) is 19.0. The van der Waals surface area contributed by atoms with Gasteiger partial charge in [0.1, 0.15) is 77.3 Å². The minimum Gasteiger partial charge on any atom is -0.508 e. The summed E-state index contributed by atoms with van der Waals surface area (Å²) in [5.74, 6) is -18.1. The third kappa shape index (κ3) is 13.7. The molecule has 91 heavy (non-hydrogen) atoms. The number of fused-ring (bicyclic) bond motifs is 15. The van der Waals surface area contributed by atoms with Crippen LogP contribution in [0.3, 0.4) is 0 Å². The van der Waals surface area contributed by atoms with Crippen molar-refractivity contribution >= 4 is 70.5 Å². The van der Waals surface area contributed by atoms with Gasteiger partial charge in [-0.05, 0) is 110 Å². The number of hydrogen-bond donors (Lipinski definition) is 17. The molecule has 11 bridgehead atoms. The molecule has 6 heterocycles. The number of hydrogen-bond acceptors (Lipinski definition) is 21. The zero-order valence-corrected chi connectivity index (χ0v) is 50.5. The molecule has 0 radical (unpaired) electrons. The van der Waals surface area contributed by atoms with Crippen LogP contribution in [0.5, 0.6) is 46.0 Å². The van der Waals surface area contributed by atoms with Crippen molar-refractivity contribution in [1.29, 1.82) is 0 Å². The number of ether oxygens (including phenoxy) is 4. The van der Waals surface area contributed by atoms with Crippen LogP contribution in [-0.4, -0.2) is 143 Å². The van der Waals surface area contributed by atoms with Crippen LogP contribution < -0.4 is 58.2 Å². The van der Waals surface area contributed by atoms with Crippen LogP contribution in [0, 0.1) is 5.92 Å². The van der Waals surface area contributed by atoms with Gasteiger partial charge in [-0.1, -0.05) is 55.2 Å². The zero-order chi connectivity index (χ0) is 66.5. The first-order chi connectivity index (χ1) is 42.8. The third-order valence-corrected chi connectivity index (χ3v) is 16.5. The van der Waals surface area contributed by atoms with E-state index in [9.17, 15) is 60.0 Å². The number of rotatable bonds is 10. The molecule has 0 saturated carbocycles. The molecular weight excluding hydrogens is 1240 g/mol. The number of nitrogens with one attached hydrogen (secondary N) is 7. The number of aliphatic hydroxyl groups excluding tert-OH is 1. The van der Waals surface area contributed by atoms with E-state index in [0.29, 0.717) is 0 Å². The Morgan fingerprint density at radius 3 is 1.92 bits per heavy atom. The predicted octanol–water partition coefficient (Wildman–Crippen LogP) is 1.95. The van der Waals surface area contributed by atoms with E-state index in [1.807, 2.05) is 13.8 Å². The number of amides is 7. The lowest BCUT2D eigenvalue weighted by atomic mass is 9.82. The van der Waals surface area contributed by atoms with Crippen molar-refractivity contribution < 1.29 is 98.2 Å². The summed E-state index contributed by atoms with van der Waals surface area (Å²) in [6.45, 7) is 6.17. The molecule has 0 spiro atoms. The number of aliphatic hydroxyl groups is 3. The van der Waals surface area contributed by atoms with E-state index < -0.39 is 190 Å². The molecule has 29 nitrogen and oxygen atoms in total. The van der Waals surface area contributed by atoms with Gasteiger partial charge >= 0.3 is 5.97 Å². The molecule has 7 amide bonds. The molecule has 6 aliphatic rings. The van der Waals surface area contributed by atoms with Gasteiger partial charge in [0.05, 0.1) is 28.0 Å². The number of aliphatic carboxylic acids is 1. The summed E-state index contributed by atoms with van der Waals surface area (Å²) in [6.07, 6.45) is -8.35. The third-order valence-electron chi connectivity index (χ3n) is 16.0. The second-order valence-corrected chi connectivity index (χ2v) is 23.9. The van der Waals surface area contributed by atoms with Crippen molar-refractivity contribution in [3.63, 3.8) is 0 Å². The lowest BCUT2D eigenvalue weighted by molar-refractivity contribution is -0.347. The van der Waals surface area contributed by atoms with E-state index >= 15 is 19.2 Å². The van der Waals surface area contributed by atoms with Crippen LogP contribution in [0.15, 0.2) is 78.9 Å². The van der Waals surface area contributed by atoms with E-state index in [2.05, 4.69) is 37.2 Å². The fourth-order valence-electron chi connectivity index (χ4n) is 11.1. The molecule has 5 aromatic carbocycles. The fourth-order valence-corrected chi connectivity index (χ4v) is 11.5. The molecular formula is C60H65Cl2N9O20. The lowest BCUT2D eigenvalue weighted by Crippen LogP contribution is -2.69. The van der Waals surface area contributed by atoms with Gasteiger partial charge in [0.25, 0.3) is 0 Å². The highest BCUT2D eigenvalue weighted by Crippen LogP contribution is 2.48. The highest BCUT2D eigenvalue weighted by Gasteiger charge is 2.55. The molecule has 0 unspecified atom stereocenters. The Morgan fingerprint density at radius 1 is 0.736 bits per heavy atom. The van der Waals surface area contributed by atoms with Gasteiger partial charge in [-0.25, -0.2) is 4.79 Å². The number of primary amides is 1. The van der Waals surface area contributed by atoms with E-state index in [4.69, 9.17) is 53.6 Å². The van der Waals surface area contributed by atoms with Crippen molar-refractivity contribution in [2.75, 3.05) is 7.05 Å². The van der Waals surface area contributed by atoms with Crippen molar-refractivity contribution in [2.24, 2.45) is 17.4 Å². The molecule has 11 rings (SSSR count). The van der Waals surface area contributed by atoms with Crippen LogP contribution >= 0.6 is 23.2 Å². The molecule has 1 fully saturated rings. The van der Waals surface area contributed by atoms with E-state index in [-0.39, 0.29) is 56.1 Å². The minimum atomic E-state index is -2.69. The number of carboxylic acids is 1. The molecule has 0 aromatic heterocycles. The average Bonchev–Trinajstić information content (AvgIpc) is 0.828. The van der Waals surface area contributed by atoms with Crippen molar-refractivity contribution in [1.82, 2.24) is 37.2 Å². The number of carboxylic acid groups (broad SMARTS) is 1. The molecule has 484 valence electrons. The number of nitrogens with two attached hydrogens (primary N) is 2. The van der Waals surface area contributed by atoms with Gasteiger partial charge in [0, 0.05) is 29.2 Å². The second-order valence-electron chi connectivity index (χ2n) is 23.1. The molecule has 12 atom stereocenters. The van der Waals surface area contributed by atoms with Crippen LogP contribution in [0.25, 0.3) is 11.1 Å². The number of phenols is 4. The molecule has 1 saturated heterocycles. The number of likely N-dealkylation sites (N-methyl/N-ethyl adjacent to an activating group) is 1. The van der Waals surface area contributed by atoms with E-state index in [1.165, 1.54) is 57.3 Å². The largest absolute Gasteiger partial charge is 0.508 e. The van der Waals surface area contributed by atoms with E-state index in [1.54, 1.807) is 0 Å². The number of carbonyl (C=O) groups is 8. The predicted molar refractivity (Wildman–Crippen MR) is 318 cm³/mol. The number of benzene rings is 5. The Bertz CT molecular complexity index is 3780. The molecule has 5 aromatic rings. The monoisotopic (exact) mass is 1300 g/mol. The first kappa shape index (κ1) is 66.4. The fraction of sp³-hybridized carbons (Fsp3) is 0.367. The molecule has 6 aliphatic heterocycles. The van der Waals surface area contributed by atoms with E-state index in [0.717, 1.165) is 42.5 Å². The van der Waals surface area contributed by atoms with Crippen molar-refractivity contribution in [3.05, 3.63) is 117 Å². The topological polar surface area (TPSA) is 472 Å². The van der Waals surface area contributed by atoms with Gasteiger partial charge < -0.3 is 108 Å². The molecule has 19 N–H and O–H groups in total. The van der Waals surface area contributed by atoms with Crippen LogP contribution in [0.2, 0.25) is 10.0 Å². The summed E-state index contributed by atoms with van der Waals surface area (Å²) in [4.78, 5) is 117. The molecule has 31 heteroatoms. The SMILES string of the molecule is CN[C@H](CC(C)C)C(=O)N[C@H]1C(=O)N[C@H](CC(N)=O)C(=O)N[C@H]2C(=O)N[C@H]3C(=O)N[C@@H](C(=O)N[C@@H](C(=O)O)c4cc(O)cc(O)c4-c4cc3ccc4O)[C@@H](O[C@H]3C[C@@](C)(N)C(O)(O)[C@@H](C)O3)c3ccc(c(Cl)c3)Oc3cc2cc(c3O)Oc2ccc(cc2Cl)[C@H]1O. The van der Waals surface area contributed by atoms with Crippen molar-refractivity contribution in [3.8, 4) is 57.1 Å². The van der Waals surface area contributed by atoms with Gasteiger partial charge in [0.2, 0.25) is 52.9 Å². The summed E-state index contributed by atoms with van der Waals surface area (Å²) in [5.41, 5.74) is 7.74.